The highest BCUT2D eigenvalue weighted by Gasteiger charge is 2.17. The molecule has 0 spiro atoms. The van der Waals surface area contributed by atoms with Crippen LogP contribution in [0.25, 0.3) is 0 Å². The number of rotatable bonds is 5. The third-order valence-electron chi connectivity index (χ3n) is 4.42. The van der Waals surface area contributed by atoms with E-state index in [1.807, 2.05) is 12.1 Å². The number of halogens is 1. The Morgan fingerprint density at radius 2 is 1.69 bits per heavy atom. The van der Waals surface area contributed by atoms with Crippen molar-refractivity contribution in [3.05, 3.63) is 47.5 Å². The van der Waals surface area contributed by atoms with Gasteiger partial charge in [-0.2, -0.15) is 0 Å². The average molecular weight is 396 g/mol. The molecule has 0 unspecified atom stereocenters. The number of nitrogens with one attached hydrogen (secondary N) is 1. The number of hydrogen-bond acceptors (Lipinski definition) is 5. The minimum Gasteiger partial charge on any atom is -0.495 e. The predicted molar refractivity (Wildman–Crippen MR) is 105 cm³/mol. The Kier molecular flexibility index (Phi) is 5.60. The highest BCUT2D eigenvalue weighted by Crippen LogP contribution is 2.28. The summed E-state index contributed by atoms with van der Waals surface area (Å²) in [5.41, 5.74) is 1.60. The minimum atomic E-state index is -3.72. The zero-order valence-electron chi connectivity index (χ0n) is 14.8. The average Bonchev–Trinajstić information content (AvgIpc) is 2.63. The van der Waals surface area contributed by atoms with Gasteiger partial charge in [-0.3, -0.25) is 4.72 Å². The van der Waals surface area contributed by atoms with Gasteiger partial charge in [0.15, 0.2) is 0 Å². The Morgan fingerprint density at radius 3 is 2.27 bits per heavy atom. The second kappa shape index (κ2) is 7.73. The lowest BCUT2D eigenvalue weighted by Gasteiger charge is -2.34. The van der Waals surface area contributed by atoms with E-state index in [0.29, 0.717) is 11.4 Å². The van der Waals surface area contributed by atoms with Crippen LogP contribution in [0.4, 0.5) is 11.4 Å². The molecule has 140 valence electrons. The van der Waals surface area contributed by atoms with E-state index >= 15 is 0 Å². The molecule has 1 aliphatic rings. The van der Waals surface area contributed by atoms with E-state index in [0.717, 1.165) is 31.9 Å². The number of piperazine rings is 1. The van der Waals surface area contributed by atoms with Crippen molar-refractivity contribution in [2.24, 2.45) is 0 Å². The van der Waals surface area contributed by atoms with Crippen LogP contribution in [0.1, 0.15) is 0 Å². The number of anilines is 2. The van der Waals surface area contributed by atoms with Gasteiger partial charge < -0.3 is 14.5 Å². The van der Waals surface area contributed by atoms with Gasteiger partial charge in [0.1, 0.15) is 5.75 Å². The third-order valence-corrected chi connectivity index (χ3v) is 6.10. The van der Waals surface area contributed by atoms with Crippen LogP contribution >= 0.6 is 11.6 Å². The lowest BCUT2D eigenvalue weighted by atomic mass is 10.2. The molecule has 1 fully saturated rings. The summed E-state index contributed by atoms with van der Waals surface area (Å²) in [5.74, 6) is 0.433. The maximum Gasteiger partial charge on any atom is 0.261 e. The number of likely N-dealkylation sites (N-methyl/N-ethyl adjacent to an activating group) is 1. The van der Waals surface area contributed by atoms with Gasteiger partial charge in [-0.05, 0) is 49.5 Å². The summed E-state index contributed by atoms with van der Waals surface area (Å²) in [4.78, 5) is 4.67. The fourth-order valence-electron chi connectivity index (χ4n) is 2.83. The Labute approximate surface area is 159 Å². The molecule has 26 heavy (non-hydrogen) atoms. The molecular weight excluding hydrogens is 374 g/mol. The van der Waals surface area contributed by atoms with Crippen molar-refractivity contribution in [1.29, 1.82) is 0 Å². The quantitative estimate of drug-likeness (QED) is 0.843. The standard InChI is InChI=1S/C18H22ClN3O3S/c1-21-9-11-22(12-10-21)15-5-3-14(4-6-15)20-26(23,24)16-7-8-18(25-2)17(19)13-16/h3-8,13,20H,9-12H2,1-2H3. The summed E-state index contributed by atoms with van der Waals surface area (Å²) in [6, 6.07) is 11.8. The largest absolute Gasteiger partial charge is 0.495 e. The van der Waals surface area contributed by atoms with E-state index in [1.165, 1.54) is 25.3 Å². The summed E-state index contributed by atoms with van der Waals surface area (Å²) in [7, 11) is -0.123. The Hall–Kier alpha value is -1.96. The summed E-state index contributed by atoms with van der Waals surface area (Å²) in [6.45, 7) is 3.97. The van der Waals surface area contributed by atoms with Crippen LogP contribution in [0.3, 0.4) is 0 Å². The van der Waals surface area contributed by atoms with Crippen molar-refractivity contribution in [3.8, 4) is 5.75 Å². The van der Waals surface area contributed by atoms with Gasteiger partial charge in [-0.1, -0.05) is 11.6 Å². The summed E-state index contributed by atoms with van der Waals surface area (Å²) in [5, 5.41) is 0.251. The number of hydrogen-bond donors (Lipinski definition) is 1. The monoisotopic (exact) mass is 395 g/mol. The molecule has 0 aliphatic carbocycles. The van der Waals surface area contributed by atoms with Crippen LogP contribution in [-0.2, 0) is 10.0 Å². The van der Waals surface area contributed by atoms with E-state index in [1.54, 1.807) is 12.1 Å². The molecule has 1 saturated heterocycles. The van der Waals surface area contributed by atoms with Gasteiger partial charge in [0.05, 0.1) is 17.0 Å². The van der Waals surface area contributed by atoms with Crippen molar-refractivity contribution >= 4 is 33.0 Å². The predicted octanol–water partition coefficient (Wildman–Crippen LogP) is 2.90. The maximum atomic E-state index is 12.5. The van der Waals surface area contributed by atoms with Gasteiger partial charge in [0, 0.05) is 37.6 Å². The fraction of sp³-hybridized carbons (Fsp3) is 0.333. The molecule has 0 aromatic heterocycles. The normalized spacial score (nSPS) is 15.7. The topological polar surface area (TPSA) is 61.9 Å². The Morgan fingerprint density at radius 1 is 1.04 bits per heavy atom. The Balaban J connectivity index is 1.72. The molecule has 0 saturated carbocycles. The molecule has 0 radical (unpaired) electrons. The van der Waals surface area contributed by atoms with E-state index in [2.05, 4.69) is 21.6 Å². The van der Waals surface area contributed by atoms with Crippen molar-refractivity contribution in [2.75, 3.05) is 50.0 Å². The number of ether oxygens (including phenoxy) is 1. The SMILES string of the molecule is COc1ccc(S(=O)(=O)Nc2ccc(N3CCN(C)CC3)cc2)cc1Cl. The van der Waals surface area contributed by atoms with E-state index < -0.39 is 10.0 Å². The van der Waals surface area contributed by atoms with E-state index in [9.17, 15) is 8.42 Å². The Bertz CT molecular complexity index is 864. The summed E-state index contributed by atoms with van der Waals surface area (Å²) < 4.78 is 32.7. The van der Waals surface area contributed by atoms with Crippen molar-refractivity contribution < 1.29 is 13.2 Å². The van der Waals surface area contributed by atoms with Crippen molar-refractivity contribution in [1.82, 2.24) is 4.90 Å². The zero-order valence-corrected chi connectivity index (χ0v) is 16.3. The highest BCUT2D eigenvalue weighted by molar-refractivity contribution is 7.92. The van der Waals surface area contributed by atoms with Crippen LogP contribution in [0.2, 0.25) is 5.02 Å². The lowest BCUT2D eigenvalue weighted by Crippen LogP contribution is -2.44. The van der Waals surface area contributed by atoms with Crippen LogP contribution in [0.15, 0.2) is 47.4 Å². The number of nitrogens with zero attached hydrogens (tertiary/aromatic N) is 2. The first-order valence-electron chi connectivity index (χ1n) is 8.29. The highest BCUT2D eigenvalue weighted by atomic mass is 35.5. The van der Waals surface area contributed by atoms with Gasteiger partial charge in [-0.15, -0.1) is 0 Å². The molecule has 1 heterocycles. The number of methoxy groups -OCH3 is 1. The van der Waals surface area contributed by atoms with E-state index in [4.69, 9.17) is 16.3 Å². The molecule has 8 heteroatoms. The fourth-order valence-corrected chi connectivity index (χ4v) is 4.24. The van der Waals surface area contributed by atoms with Gasteiger partial charge in [0.2, 0.25) is 0 Å². The molecular formula is C18H22ClN3O3S. The van der Waals surface area contributed by atoms with Crippen LogP contribution in [0, 0.1) is 0 Å². The maximum absolute atomic E-state index is 12.5. The molecule has 6 nitrogen and oxygen atoms in total. The molecule has 2 aromatic rings. The first kappa shape index (κ1) is 18.8. The molecule has 1 N–H and O–H groups in total. The smallest absolute Gasteiger partial charge is 0.261 e. The molecule has 3 rings (SSSR count). The lowest BCUT2D eigenvalue weighted by molar-refractivity contribution is 0.313. The number of benzene rings is 2. The summed E-state index contributed by atoms with van der Waals surface area (Å²) >= 11 is 6.03. The van der Waals surface area contributed by atoms with Gasteiger partial charge in [0.25, 0.3) is 10.0 Å². The minimum absolute atomic E-state index is 0.0893. The van der Waals surface area contributed by atoms with Crippen LogP contribution in [0.5, 0.6) is 5.75 Å². The van der Waals surface area contributed by atoms with Gasteiger partial charge >= 0.3 is 0 Å². The molecule has 2 aromatic carbocycles. The molecule has 0 atom stereocenters. The number of sulfonamides is 1. The molecule has 0 amide bonds. The van der Waals surface area contributed by atoms with E-state index in [-0.39, 0.29) is 9.92 Å². The zero-order chi connectivity index (χ0) is 18.7. The van der Waals surface area contributed by atoms with Crippen molar-refractivity contribution in [2.45, 2.75) is 4.90 Å². The summed E-state index contributed by atoms with van der Waals surface area (Å²) in [6.07, 6.45) is 0. The van der Waals surface area contributed by atoms with Crippen LogP contribution < -0.4 is 14.4 Å². The molecule has 0 bridgehead atoms. The first-order valence-corrected chi connectivity index (χ1v) is 10.1. The van der Waals surface area contributed by atoms with Gasteiger partial charge in [-0.25, -0.2) is 8.42 Å². The van der Waals surface area contributed by atoms with Crippen molar-refractivity contribution in [3.63, 3.8) is 0 Å². The van der Waals surface area contributed by atoms with Crippen LogP contribution in [-0.4, -0.2) is 53.7 Å². The first-order chi connectivity index (χ1) is 12.4. The second-order valence-corrected chi connectivity index (χ2v) is 8.33. The second-order valence-electron chi connectivity index (χ2n) is 6.24. The molecule has 1 aliphatic heterocycles. The third kappa shape index (κ3) is 4.23.